The van der Waals surface area contributed by atoms with E-state index in [-0.39, 0.29) is 0 Å². The summed E-state index contributed by atoms with van der Waals surface area (Å²) in [7, 11) is 0. The second-order valence-corrected chi connectivity index (χ2v) is 7.68. The van der Waals surface area contributed by atoms with Gasteiger partial charge in [0.2, 0.25) is 5.91 Å². The van der Waals surface area contributed by atoms with E-state index in [2.05, 4.69) is 28.1 Å². The first-order valence-corrected chi connectivity index (χ1v) is 9.24. The lowest BCUT2D eigenvalue weighted by atomic mass is 9.68. The Morgan fingerprint density at radius 3 is 2.41 bits per heavy atom. The molecular weight excluding hydrogens is 404 g/mol. The molecule has 2 N–H and O–H groups in total. The van der Waals surface area contributed by atoms with Crippen LogP contribution in [0, 0.1) is 28.1 Å². The third-order valence-corrected chi connectivity index (χ3v) is 5.99. The lowest BCUT2D eigenvalue weighted by Gasteiger charge is -2.34. The summed E-state index contributed by atoms with van der Waals surface area (Å²) in [6.07, 6.45) is 3.68. The number of primary amides is 1. The number of nitriles is 2. The van der Waals surface area contributed by atoms with Crippen molar-refractivity contribution in [3.63, 3.8) is 0 Å². The number of halogens is 1. The third-order valence-electron chi connectivity index (χ3n) is 5.46. The van der Waals surface area contributed by atoms with Crippen molar-refractivity contribution >= 4 is 27.9 Å². The molecular formula is C21H15BrN4O. The standard InChI is InChI=1S/C21H15BrN4O/c22-15-7-5-14(6-8-15)17-18(20(25)27)26-10-9-13-3-1-2-4-16(13)19(26)21(17,11-23)12-24/h1-10,17-19H,(H2,25,27)/t17-,18+,19-/m1/s1. The van der Waals surface area contributed by atoms with E-state index in [9.17, 15) is 15.3 Å². The van der Waals surface area contributed by atoms with Gasteiger partial charge in [-0.05, 0) is 34.9 Å². The first kappa shape index (κ1) is 17.3. The third kappa shape index (κ3) is 2.38. The van der Waals surface area contributed by atoms with Crippen LogP contribution in [0.3, 0.4) is 0 Å². The molecule has 27 heavy (non-hydrogen) atoms. The summed E-state index contributed by atoms with van der Waals surface area (Å²) >= 11 is 3.40. The Kier molecular flexibility index (Phi) is 4.02. The minimum absolute atomic E-state index is 0.552. The summed E-state index contributed by atoms with van der Waals surface area (Å²) in [5, 5.41) is 20.4. The van der Waals surface area contributed by atoms with Gasteiger partial charge in [0.15, 0.2) is 5.41 Å². The highest BCUT2D eigenvalue weighted by Crippen LogP contribution is 2.59. The molecule has 2 aliphatic heterocycles. The fourth-order valence-corrected chi connectivity index (χ4v) is 4.63. The van der Waals surface area contributed by atoms with Crippen LogP contribution in [0.25, 0.3) is 6.08 Å². The van der Waals surface area contributed by atoms with Crippen LogP contribution in [0.2, 0.25) is 0 Å². The van der Waals surface area contributed by atoms with Crippen molar-refractivity contribution < 1.29 is 4.79 Å². The Morgan fingerprint density at radius 1 is 1.11 bits per heavy atom. The van der Waals surface area contributed by atoms with Gasteiger partial charge in [-0.25, -0.2) is 0 Å². The number of nitrogens with two attached hydrogens (primary N) is 1. The average molecular weight is 419 g/mol. The van der Waals surface area contributed by atoms with Gasteiger partial charge >= 0.3 is 0 Å². The summed E-state index contributed by atoms with van der Waals surface area (Å²) in [5.41, 5.74) is 6.86. The Bertz CT molecular complexity index is 1020. The van der Waals surface area contributed by atoms with Crippen LogP contribution >= 0.6 is 15.9 Å². The molecule has 0 unspecified atom stereocenters. The number of amides is 1. The Labute approximate surface area is 165 Å². The maximum atomic E-state index is 12.5. The number of nitrogens with zero attached hydrogens (tertiary/aromatic N) is 3. The number of hydrogen-bond donors (Lipinski definition) is 1. The minimum Gasteiger partial charge on any atom is -0.368 e. The van der Waals surface area contributed by atoms with Crippen LogP contribution in [0.1, 0.15) is 28.7 Å². The van der Waals surface area contributed by atoms with Crippen LogP contribution in [0.15, 0.2) is 59.2 Å². The van der Waals surface area contributed by atoms with Crippen LogP contribution < -0.4 is 5.73 Å². The molecule has 0 spiro atoms. The highest BCUT2D eigenvalue weighted by molar-refractivity contribution is 9.10. The molecule has 0 aliphatic carbocycles. The first-order valence-electron chi connectivity index (χ1n) is 8.45. The second kappa shape index (κ2) is 6.26. The smallest absolute Gasteiger partial charge is 0.240 e. The lowest BCUT2D eigenvalue weighted by molar-refractivity contribution is -0.122. The van der Waals surface area contributed by atoms with Gasteiger partial charge in [0.1, 0.15) is 6.04 Å². The molecule has 2 aromatic carbocycles. The van der Waals surface area contributed by atoms with Crippen molar-refractivity contribution in [1.82, 2.24) is 4.90 Å². The number of hydrogen-bond acceptors (Lipinski definition) is 4. The van der Waals surface area contributed by atoms with Crippen molar-refractivity contribution in [2.75, 3.05) is 0 Å². The Hall–Kier alpha value is -3.09. The van der Waals surface area contributed by atoms with Crippen molar-refractivity contribution in [3.8, 4) is 12.1 Å². The van der Waals surface area contributed by atoms with E-state index in [1.54, 1.807) is 11.1 Å². The minimum atomic E-state index is -1.45. The van der Waals surface area contributed by atoms with Gasteiger partial charge in [-0.3, -0.25) is 4.79 Å². The zero-order valence-corrected chi connectivity index (χ0v) is 15.8. The molecule has 132 valence electrons. The van der Waals surface area contributed by atoms with E-state index in [0.717, 1.165) is 21.2 Å². The average Bonchev–Trinajstić information content (AvgIpc) is 3.00. The van der Waals surface area contributed by atoms with Gasteiger partial charge in [-0.2, -0.15) is 10.5 Å². The largest absolute Gasteiger partial charge is 0.368 e. The van der Waals surface area contributed by atoms with E-state index < -0.39 is 29.3 Å². The molecule has 2 aromatic rings. The van der Waals surface area contributed by atoms with Crippen LogP contribution in [-0.2, 0) is 4.79 Å². The van der Waals surface area contributed by atoms with E-state index in [1.807, 2.05) is 54.6 Å². The fraction of sp³-hybridized carbons (Fsp3) is 0.190. The van der Waals surface area contributed by atoms with Crippen LogP contribution in [0.4, 0.5) is 0 Å². The number of carbonyl (C=O) groups is 1. The number of benzene rings is 2. The number of carbonyl (C=O) groups excluding carboxylic acids is 1. The molecule has 6 heteroatoms. The lowest BCUT2D eigenvalue weighted by Crippen LogP contribution is -2.41. The van der Waals surface area contributed by atoms with E-state index in [1.165, 1.54) is 0 Å². The molecule has 4 rings (SSSR count). The van der Waals surface area contributed by atoms with E-state index in [4.69, 9.17) is 5.73 Å². The van der Waals surface area contributed by atoms with Crippen LogP contribution in [0.5, 0.6) is 0 Å². The Morgan fingerprint density at radius 2 is 1.78 bits per heavy atom. The highest BCUT2D eigenvalue weighted by atomic mass is 79.9. The van der Waals surface area contributed by atoms with Gasteiger partial charge in [0.25, 0.3) is 0 Å². The molecule has 1 saturated heterocycles. The van der Waals surface area contributed by atoms with Crippen molar-refractivity contribution in [2.24, 2.45) is 11.1 Å². The molecule has 2 heterocycles. The molecule has 5 nitrogen and oxygen atoms in total. The normalized spacial score (nSPS) is 24.4. The molecule has 0 saturated carbocycles. The van der Waals surface area contributed by atoms with Gasteiger partial charge in [-0.1, -0.05) is 52.3 Å². The highest BCUT2D eigenvalue weighted by Gasteiger charge is 2.63. The van der Waals surface area contributed by atoms with Crippen LogP contribution in [-0.4, -0.2) is 16.8 Å². The molecule has 0 aromatic heterocycles. The summed E-state index contributed by atoms with van der Waals surface area (Å²) in [5.74, 6) is -1.22. The van der Waals surface area contributed by atoms with Crippen molar-refractivity contribution in [3.05, 3.63) is 75.9 Å². The van der Waals surface area contributed by atoms with Crippen molar-refractivity contribution in [1.29, 1.82) is 10.5 Å². The zero-order valence-electron chi connectivity index (χ0n) is 14.2. The predicted molar refractivity (Wildman–Crippen MR) is 104 cm³/mol. The second-order valence-electron chi connectivity index (χ2n) is 6.76. The van der Waals surface area contributed by atoms with Gasteiger partial charge in [0.05, 0.1) is 18.2 Å². The summed E-state index contributed by atoms with van der Waals surface area (Å²) in [6, 6.07) is 18.1. The van der Waals surface area contributed by atoms with Gasteiger partial charge in [-0.15, -0.1) is 0 Å². The zero-order chi connectivity index (χ0) is 19.2. The SMILES string of the molecule is N#CC1(C#N)[C@H](c2ccc(Br)cc2)[C@@H](C(N)=O)N2C=Cc3ccccc3[C@@H]21. The molecule has 3 atom stereocenters. The topological polar surface area (TPSA) is 93.9 Å². The summed E-state index contributed by atoms with van der Waals surface area (Å²) in [4.78, 5) is 14.2. The van der Waals surface area contributed by atoms with Gasteiger partial charge in [0, 0.05) is 16.6 Å². The first-order chi connectivity index (χ1) is 13.0. The fourth-order valence-electron chi connectivity index (χ4n) is 4.36. The molecule has 0 radical (unpaired) electrons. The quantitative estimate of drug-likeness (QED) is 0.807. The summed E-state index contributed by atoms with van der Waals surface area (Å²) in [6.45, 7) is 0. The molecule has 1 amide bonds. The maximum Gasteiger partial charge on any atom is 0.240 e. The van der Waals surface area contributed by atoms with Crippen molar-refractivity contribution in [2.45, 2.75) is 18.0 Å². The predicted octanol–water partition coefficient (Wildman–Crippen LogP) is 3.46. The number of rotatable bonds is 2. The maximum absolute atomic E-state index is 12.5. The number of fused-ring (bicyclic) bond motifs is 3. The van der Waals surface area contributed by atoms with E-state index in [0.29, 0.717) is 0 Å². The molecule has 0 bridgehead atoms. The monoisotopic (exact) mass is 418 g/mol. The summed E-state index contributed by atoms with van der Waals surface area (Å²) < 4.78 is 0.877. The van der Waals surface area contributed by atoms with E-state index >= 15 is 0 Å². The Balaban J connectivity index is 2.00. The molecule has 2 aliphatic rings. The van der Waals surface area contributed by atoms with Gasteiger partial charge < -0.3 is 10.6 Å². The molecule has 1 fully saturated rings.